The first kappa shape index (κ1) is 14.6. The smallest absolute Gasteiger partial charge is 0.238 e. The number of halogens is 3. The van der Waals surface area contributed by atoms with E-state index in [1.807, 2.05) is 6.92 Å². The Morgan fingerprint density at radius 3 is 2.75 bits per heavy atom. The minimum absolute atomic E-state index is 0.157. The second kappa shape index (κ2) is 6.60. The number of hydrogen-bond acceptors (Lipinski definition) is 4. The average molecular weight is 344 g/mol. The lowest BCUT2D eigenvalue weighted by Crippen LogP contribution is -2.04. The van der Waals surface area contributed by atoms with Gasteiger partial charge in [-0.3, -0.25) is 0 Å². The lowest BCUT2D eigenvalue weighted by molar-refractivity contribution is 0.444. The van der Waals surface area contributed by atoms with Gasteiger partial charge in [0.15, 0.2) is 11.6 Å². The van der Waals surface area contributed by atoms with Gasteiger partial charge in [-0.15, -0.1) is 0 Å². The Labute approximate surface area is 123 Å². The van der Waals surface area contributed by atoms with E-state index in [2.05, 4.69) is 31.2 Å². The molecule has 0 unspecified atom stereocenters. The van der Waals surface area contributed by atoms with E-state index in [4.69, 9.17) is 4.74 Å². The van der Waals surface area contributed by atoms with Crippen LogP contribution < -0.4 is 10.1 Å². The van der Waals surface area contributed by atoms with Crippen molar-refractivity contribution in [2.24, 2.45) is 0 Å². The molecule has 0 radical (unpaired) electrons. The van der Waals surface area contributed by atoms with Crippen molar-refractivity contribution in [2.75, 3.05) is 11.9 Å². The molecule has 20 heavy (non-hydrogen) atoms. The van der Waals surface area contributed by atoms with Gasteiger partial charge in [0, 0.05) is 12.6 Å². The van der Waals surface area contributed by atoms with Crippen LogP contribution in [0.3, 0.4) is 0 Å². The highest BCUT2D eigenvalue weighted by Crippen LogP contribution is 2.32. The summed E-state index contributed by atoms with van der Waals surface area (Å²) < 4.78 is 31.9. The van der Waals surface area contributed by atoms with Crippen molar-refractivity contribution in [3.8, 4) is 11.6 Å². The van der Waals surface area contributed by atoms with Gasteiger partial charge < -0.3 is 10.1 Å². The molecule has 1 N–H and O–H groups in total. The molecule has 4 nitrogen and oxygen atoms in total. The molecule has 0 bridgehead atoms. The maximum absolute atomic E-state index is 13.1. The van der Waals surface area contributed by atoms with Gasteiger partial charge in [0.05, 0.1) is 0 Å². The molecule has 2 aromatic rings. The minimum Gasteiger partial charge on any atom is -0.438 e. The number of benzene rings is 1. The Balaban J connectivity index is 2.22. The summed E-state index contributed by atoms with van der Waals surface area (Å²) in [6.07, 6.45) is 2.27. The number of nitrogens with one attached hydrogen (secondary N) is 1. The number of ether oxygens (including phenoxy) is 1. The van der Waals surface area contributed by atoms with Crippen molar-refractivity contribution in [3.63, 3.8) is 0 Å². The molecule has 0 aliphatic rings. The molecule has 0 amide bonds. The van der Waals surface area contributed by atoms with E-state index < -0.39 is 11.6 Å². The van der Waals surface area contributed by atoms with Gasteiger partial charge in [-0.2, -0.15) is 0 Å². The maximum Gasteiger partial charge on any atom is 0.238 e. The van der Waals surface area contributed by atoms with Crippen LogP contribution in [0.1, 0.15) is 13.3 Å². The highest BCUT2D eigenvalue weighted by Gasteiger charge is 2.11. The molecule has 0 fully saturated rings. The van der Waals surface area contributed by atoms with Crippen LogP contribution in [0, 0.1) is 11.6 Å². The zero-order valence-electron chi connectivity index (χ0n) is 10.7. The van der Waals surface area contributed by atoms with E-state index in [-0.39, 0.29) is 11.6 Å². The van der Waals surface area contributed by atoms with Crippen LogP contribution >= 0.6 is 15.9 Å². The molecule has 1 heterocycles. The molecule has 0 saturated carbocycles. The fourth-order valence-corrected chi connectivity index (χ4v) is 1.87. The van der Waals surface area contributed by atoms with Crippen molar-refractivity contribution >= 4 is 21.7 Å². The molecule has 106 valence electrons. The Kier molecular flexibility index (Phi) is 4.84. The van der Waals surface area contributed by atoms with Crippen molar-refractivity contribution in [2.45, 2.75) is 13.3 Å². The molecule has 0 spiro atoms. The SMILES string of the molecule is CCCNc1ncnc(Oc2ccc(F)c(F)c2)c1Br. The second-order valence-corrected chi connectivity index (χ2v) is 4.74. The Bertz CT molecular complexity index is 610. The lowest BCUT2D eigenvalue weighted by atomic mass is 10.3. The van der Waals surface area contributed by atoms with Crippen LogP contribution in [0.2, 0.25) is 0 Å². The number of nitrogens with zero attached hydrogens (tertiary/aromatic N) is 2. The van der Waals surface area contributed by atoms with E-state index in [0.29, 0.717) is 10.3 Å². The molecule has 0 aliphatic heterocycles. The molecule has 7 heteroatoms. The number of aromatic nitrogens is 2. The van der Waals surface area contributed by atoms with E-state index in [1.165, 1.54) is 12.4 Å². The number of anilines is 1. The van der Waals surface area contributed by atoms with Crippen molar-refractivity contribution in [1.82, 2.24) is 9.97 Å². The van der Waals surface area contributed by atoms with Crippen LogP contribution in [0.4, 0.5) is 14.6 Å². The van der Waals surface area contributed by atoms with Gasteiger partial charge in [0.25, 0.3) is 0 Å². The van der Waals surface area contributed by atoms with Gasteiger partial charge in [0.1, 0.15) is 22.4 Å². The fraction of sp³-hybridized carbons (Fsp3) is 0.231. The molecular weight excluding hydrogens is 332 g/mol. The van der Waals surface area contributed by atoms with E-state index in [0.717, 1.165) is 25.1 Å². The largest absolute Gasteiger partial charge is 0.438 e. The van der Waals surface area contributed by atoms with Gasteiger partial charge in [0.2, 0.25) is 5.88 Å². The summed E-state index contributed by atoms with van der Waals surface area (Å²) >= 11 is 3.32. The Morgan fingerprint density at radius 1 is 1.25 bits per heavy atom. The highest BCUT2D eigenvalue weighted by molar-refractivity contribution is 9.10. The van der Waals surface area contributed by atoms with Crippen LogP contribution in [0.25, 0.3) is 0 Å². The summed E-state index contributed by atoms with van der Waals surface area (Å²) in [5, 5.41) is 3.10. The summed E-state index contributed by atoms with van der Waals surface area (Å²) in [5.74, 6) is -0.935. The summed E-state index contributed by atoms with van der Waals surface area (Å²) in [5.41, 5.74) is 0. The van der Waals surface area contributed by atoms with Crippen molar-refractivity contribution in [3.05, 3.63) is 40.6 Å². The normalized spacial score (nSPS) is 10.4. The predicted octanol–water partition coefficient (Wildman–Crippen LogP) is 4.13. The Morgan fingerprint density at radius 2 is 2.05 bits per heavy atom. The van der Waals surface area contributed by atoms with Crippen molar-refractivity contribution in [1.29, 1.82) is 0 Å². The van der Waals surface area contributed by atoms with Gasteiger partial charge in [-0.05, 0) is 34.5 Å². The molecule has 1 aromatic heterocycles. The number of rotatable bonds is 5. The first-order valence-electron chi connectivity index (χ1n) is 5.99. The predicted molar refractivity (Wildman–Crippen MR) is 74.9 cm³/mol. The van der Waals surface area contributed by atoms with E-state index in [1.54, 1.807) is 0 Å². The highest BCUT2D eigenvalue weighted by atomic mass is 79.9. The topological polar surface area (TPSA) is 47.0 Å². The first-order valence-corrected chi connectivity index (χ1v) is 6.78. The van der Waals surface area contributed by atoms with Gasteiger partial charge >= 0.3 is 0 Å². The zero-order valence-corrected chi connectivity index (χ0v) is 12.2. The third-order valence-electron chi connectivity index (χ3n) is 2.41. The second-order valence-electron chi connectivity index (χ2n) is 3.95. The van der Waals surface area contributed by atoms with Crippen molar-refractivity contribution < 1.29 is 13.5 Å². The van der Waals surface area contributed by atoms with Gasteiger partial charge in [-0.25, -0.2) is 18.7 Å². The number of hydrogen-bond donors (Lipinski definition) is 1. The van der Waals surface area contributed by atoms with Crippen LogP contribution in [0.15, 0.2) is 29.0 Å². The summed E-state index contributed by atoms with van der Waals surface area (Å²) in [6.45, 7) is 2.78. The third kappa shape index (κ3) is 3.41. The molecule has 1 aromatic carbocycles. The standard InChI is InChI=1S/C13H12BrF2N3O/c1-2-5-17-12-11(14)13(19-7-18-12)20-8-3-4-9(15)10(16)6-8/h3-4,6-7H,2,5H2,1H3,(H,17,18,19). The zero-order chi connectivity index (χ0) is 14.5. The molecule has 2 rings (SSSR count). The lowest BCUT2D eigenvalue weighted by Gasteiger charge is -2.10. The average Bonchev–Trinajstić information content (AvgIpc) is 2.44. The summed E-state index contributed by atoms with van der Waals surface area (Å²) in [6, 6.07) is 3.28. The van der Waals surface area contributed by atoms with E-state index >= 15 is 0 Å². The minimum atomic E-state index is -0.975. The van der Waals surface area contributed by atoms with E-state index in [9.17, 15) is 8.78 Å². The fourth-order valence-electron chi connectivity index (χ4n) is 1.44. The summed E-state index contributed by atoms with van der Waals surface area (Å²) in [4.78, 5) is 8.02. The first-order chi connectivity index (χ1) is 9.61. The van der Waals surface area contributed by atoms with Crippen LogP contribution in [0.5, 0.6) is 11.6 Å². The summed E-state index contributed by atoms with van der Waals surface area (Å²) in [7, 11) is 0. The molecular formula is C13H12BrF2N3O. The maximum atomic E-state index is 13.1. The Hall–Kier alpha value is -1.76. The van der Waals surface area contributed by atoms with Crippen LogP contribution in [-0.4, -0.2) is 16.5 Å². The monoisotopic (exact) mass is 343 g/mol. The molecule has 0 aliphatic carbocycles. The molecule has 0 saturated heterocycles. The third-order valence-corrected chi connectivity index (χ3v) is 3.12. The van der Waals surface area contributed by atoms with Gasteiger partial charge in [-0.1, -0.05) is 6.92 Å². The van der Waals surface area contributed by atoms with Crippen LogP contribution in [-0.2, 0) is 0 Å². The molecule has 0 atom stereocenters. The quantitative estimate of drug-likeness (QED) is 0.886.